The van der Waals surface area contributed by atoms with Crippen LogP contribution in [0.2, 0.25) is 0 Å². The Morgan fingerprint density at radius 2 is 2.00 bits per heavy atom. The zero-order valence-electron chi connectivity index (χ0n) is 12.4. The van der Waals surface area contributed by atoms with E-state index in [1.807, 2.05) is 0 Å². The molecule has 1 heterocycles. The third kappa shape index (κ3) is 2.83. The van der Waals surface area contributed by atoms with Crippen molar-refractivity contribution in [3.63, 3.8) is 0 Å². The van der Waals surface area contributed by atoms with Crippen LogP contribution in [0, 0.1) is 11.3 Å². The van der Waals surface area contributed by atoms with Gasteiger partial charge in [-0.15, -0.1) is 0 Å². The summed E-state index contributed by atoms with van der Waals surface area (Å²) in [6.07, 6.45) is 3.38. The number of fused-ring (bicyclic) bond motifs is 1. The van der Waals surface area contributed by atoms with Gasteiger partial charge in [-0.2, -0.15) is 5.26 Å². The summed E-state index contributed by atoms with van der Waals surface area (Å²) in [4.78, 5) is 3.07. The van der Waals surface area contributed by atoms with Gasteiger partial charge in [0.15, 0.2) is 0 Å². The summed E-state index contributed by atoms with van der Waals surface area (Å²) in [6, 6.07) is 11.9. The van der Waals surface area contributed by atoms with Gasteiger partial charge in [0.1, 0.15) is 17.2 Å². The second kappa shape index (κ2) is 5.78. The molecule has 3 aromatic rings. The van der Waals surface area contributed by atoms with Crippen LogP contribution in [0.4, 0.5) is 0 Å². The van der Waals surface area contributed by atoms with E-state index in [9.17, 15) is 15.5 Å². The normalized spacial score (nSPS) is 11.4. The quantitative estimate of drug-likeness (QED) is 0.644. The van der Waals surface area contributed by atoms with E-state index in [2.05, 4.69) is 11.1 Å². The summed E-state index contributed by atoms with van der Waals surface area (Å²) < 4.78 is 5.12. The molecule has 114 valence electrons. The van der Waals surface area contributed by atoms with Gasteiger partial charge in [-0.1, -0.05) is 0 Å². The molecule has 3 N–H and O–H groups in total. The number of aromatic hydroxyl groups is 2. The van der Waals surface area contributed by atoms with Crippen molar-refractivity contribution in [2.75, 3.05) is 7.11 Å². The van der Waals surface area contributed by atoms with Crippen molar-refractivity contribution >= 4 is 22.6 Å². The lowest BCUT2D eigenvalue weighted by Gasteiger charge is -2.04. The van der Waals surface area contributed by atoms with Crippen LogP contribution in [-0.2, 0) is 0 Å². The summed E-state index contributed by atoms with van der Waals surface area (Å²) in [7, 11) is 1.51. The Hall–Kier alpha value is -3.39. The van der Waals surface area contributed by atoms with E-state index in [4.69, 9.17) is 4.74 Å². The van der Waals surface area contributed by atoms with Crippen LogP contribution < -0.4 is 4.74 Å². The predicted octanol–water partition coefficient (Wildman–Crippen LogP) is 3.65. The van der Waals surface area contributed by atoms with Crippen molar-refractivity contribution in [1.82, 2.24) is 4.98 Å². The standard InChI is InChI=1S/C18H14N2O3/c1-23-15-6-11(5-14(22)7-15)4-12(9-19)17-10-20-18-3-2-13(21)8-16(17)18/h2-8,10,20-22H,1H3/b12-4+. The Morgan fingerprint density at radius 3 is 2.74 bits per heavy atom. The Kier molecular flexibility index (Phi) is 3.65. The smallest absolute Gasteiger partial charge is 0.123 e. The van der Waals surface area contributed by atoms with Crippen molar-refractivity contribution < 1.29 is 14.9 Å². The van der Waals surface area contributed by atoms with Crippen molar-refractivity contribution in [1.29, 1.82) is 5.26 Å². The maximum absolute atomic E-state index is 9.72. The number of allylic oxidation sites excluding steroid dienone is 1. The second-order valence-electron chi connectivity index (χ2n) is 5.07. The van der Waals surface area contributed by atoms with Gasteiger partial charge in [0.2, 0.25) is 0 Å². The Morgan fingerprint density at radius 1 is 1.17 bits per heavy atom. The van der Waals surface area contributed by atoms with Crippen LogP contribution in [0.15, 0.2) is 42.6 Å². The van der Waals surface area contributed by atoms with Crippen LogP contribution in [0.1, 0.15) is 11.1 Å². The molecule has 3 rings (SSSR count). The SMILES string of the molecule is COc1cc(O)cc(/C=C(\C#N)c2c[nH]c3ccc(O)cc23)c1. The molecule has 0 amide bonds. The van der Waals surface area contributed by atoms with Crippen LogP contribution in [0.5, 0.6) is 17.2 Å². The summed E-state index contributed by atoms with van der Waals surface area (Å²) in [6.45, 7) is 0. The largest absolute Gasteiger partial charge is 0.508 e. The van der Waals surface area contributed by atoms with E-state index in [1.165, 1.54) is 13.2 Å². The highest BCUT2D eigenvalue weighted by Crippen LogP contribution is 2.30. The predicted molar refractivity (Wildman–Crippen MR) is 88.1 cm³/mol. The number of phenolic OH excluding ortho intramolecular Hbond substituents is 2. The molecule has 0 aliphatic carbocycles. The van der Waals surface area contributed by atoms with Crippen molar-refractivity contribution in [2.45, 2.75) is 0 Å². The van der Waals surface area contributed by atoms with Crippen molar-refractivity contribution in [3.05, 3.63) is 53.7 Å². The number of methoxy groups -OCH3 is 1. The van der Waals surface area contributed by atoms with E-state index in [0.717, 1.165) is 10.9 Å². The van der Waals surface area contributed by atoms with Crippen molar-refractivity contribution in [2.24, 2.45) is 0 Å². The first-order valence-electron chi connectivity index (χ1n) is 6.91. The highest BCUT2D eigenvalue weighted by molar-refractivity contribution is 6.01. The number of hydrogen-bond acceptors (Lipinski definition) is 4. The van der Waals surface area contributed by atoms with E-state index in [0.29, 0.717) is 22.4 Å². The van der Waals surface area contributed by atoms with Crippen molar-refractivity contribution in [3.8, 4) is 23.3 Å². The molecule has 0 spiro atoms. The van der Waals surface area contributed by atoms with Crippen LogP contribution in [0.25, 0.3) is 22.6 Å². The lowest BCUT2D eigenvalue weighted by atomic mass is 10.0. The van der Waals surface area contributed by atoms with Crippen LogP contribution in [0.3, 0.4) is 0 Å². The first-order valence-corrected chi connectivity index (χ1v) is 6.91. The molecular formula is C18H14N2O3. The first-order chi connectivity index (χ1) is 11.1. The topological polar surface area (TPSA) is 89.3 Å². The van der Waals surface area contributed by atoms with E-state index >= 15 is 0 Å². The molecule has 5 heteroatoms. The maximum atomic E-state index is 9.72. The number of phenols is 2. The van der Waals surface area contributed by atoms with Gasteiger partial charge in [0.25, 0.3) is 0 Å². The number of benzene rings is 2. The number of aromatic amines is 1. The van der Waals surface area contributed by atoms with E-state index in [-0.39, 0.29) is 11.5 Å². The number of nitriles is 1. The third-order valence-corrected chi connectivity index (χ3v) is 3.54. The zero-order valence-corrected chi connectivity index (χ0v) is 12.4. The molecule has 0 aliphatic heterocycles. The summed E-state index contributed by atoms with van der Waals surface area (Å²) in [5, 5.41) is 29.6. The molecule has 23 heavy (non-hydrogen) atoms. The Balaban J connectivity index is 2.13. The maximum Gasteiger partial charge on any atom is 0.123 e. The molecule has 0 atom stereocenters. The minimum absolute atomic E-state index is 0.0597. The number of H-pyrrole nitrogens is 1. The van der Waals surface area contributed by atoms with Gasteiger partial charge < -0.3 is 19.9 Å². The molecule has 0 radical (unpaired) electrons. The highest BCUT2D eigenvalue weighted by Gasteiger charge is 2.10. The minimum Gasteiger partial charge on any atom is -0.508 e. The lowest BCUT2D eigenvalue weighted by molar-refractivity contribution is 0.407. The molecule has 0 saturated carbocycles. The Bertz CT molecular complexity index is 949. The van der Waals surface area contributed by atoms with Crippen LogP contribution in [-0.4, -0.2) is 22.3 Å². The summed E-state index contributed by atoms with van der Waals surface area (Å²) >= 11 is 0. The van der Waals surface area contributed by atoms with E-state index in [1.54, 1.807) is 42.6 Å². The third-order valence-electron chi connectivity index (χ3n) is 3.54. The number of nitrogens with zero attached hydrogens (tertiary/aromatic N) is 1. The average Bonchev–Trinajstić information content (AvgIpc) is 2.95. The number of hydrogen-bond donors (Lipinski definition) is 3. The minimum atomic E-state index is 0.0597. The molecular weight excluding hydrogens is 292 g/mol. The monoisotopic (exact) mass is 306 g/mol. The fourth-order valence-electron chi connectivity index (χ4n) is 2.48. The average molecular weight is 306 g/mol. The number of nitrogens with one attached hydrogen (secondary N) is 1. The summed E-state index contributed by atoms with van der Waals surface area (Å²) in [5.41, 5.74) is 2.57. The van der Waals surface area contributed by atoms with Crippen LogP contribution >= 0.6 is 0 Å². The van der Waals surface area contributed by atoms with E-state index < -0.39 is 0 Å². The van der Waals surface area contributed by atoms with Gasteiger partial charge in [0.05, 0.1) is 18.8 Å². The highest BCUT2D eigenvalue weighted by atomic mass is 16.5. The van der Waals surface area contributed by atoms with Gasteiger partial charge >= 0.3 is 0 Å². The molecule has 5 nitrogen and oxygen atoms in total. The second-order valence-corrected chi connectivity index (χ2v) is 5.07. The fraction of sp³-hybridized carbons (Fsp3) is 0.0556. The molecule has 0 fully saturated rings. The number of rotatable bonds is 3. The Labute approximate surface area is 132 Å². The van der Waals surface area contributed by atoms with Gasteiger partial charge in [-0.05, 0) is 42.0 Å². The first kappa shape index (κ1) is 14.5. The van der Waals surface area contributed by atoms with Gasteiger partial charge in [0, 0.05) is 28.7 Å². The molecule has 0 aliphatic rings. The number of ether oxygens (including phenoxy) is 1. The summed E-state index contributed by atoms with van der Waals surface area (Å²) in [5.74, 6) is 0.698. The fourth-order valence-corrected chi connectivity index (χ4v) is 2.48. The molecule has 0 unspecified atom stereocenters. The molecule has 0 saturated heterocycles. The lowest BCUT2D eigenvalue weighted by Crippen LogP contribution is -1.85. The zero-order chi connectivity index (χ0) is 16.4. The van der Waals surface area contributed by atoms with Gasteiger partial charge in [-0.25, -0.2) is 0 Å². The molecule has 1 aromatic heterocycles. The molecule has 0 bridgehead atoms. The molecule has 2 aromatic carbocycles. The van der Waals surface area contributed by atoms with Gasteiger partial charge in [-0.3, -0.25) is 0 Å². The number of aromatic nitrogens is 1.